The predicted octanol–water partition coefficient (Wildman–Crippen LogP) is 4.42. The molecule has 3 aromatic carbocycles. The zero-order chi connectivity index (χ0) is 17.1. The zero-order valence-electron chi connectivity index (χ0n) is 13.8. The molecule has 1 aliphatic rings. The quantitative estimate of drug-likeness (QED) is 0.772. The molecule has 126 valence electrons. The minimum Gasteiger partial charge on any atom is -0.470 e. The highest BCUT2D eigenvalue weighted by molar-refractivity contribution is 5.88. The fourth-order valence-corrected chi connectivity index (χ4v) is 3.17. The van der Waals surface area contributed by atoms with E-state index in [1.165, 1.54) is 16.3 Å². The number of nitrogens with one attached hydrogen (secondary N) is 1. The Morgan fingerprint density at radius 2 is 1.84 bits per heavy atom. The van der Waals surface area contributed by atoms with Gasteiger partial charge in [0.2, 0.25) is 0 Å². The Kier molecular flexibility index (Phi) is 4.25. The summed E-state index contributed by atoms with van der Waals surface area (Å²) < 4.78 is 11.2. The lowest BCUT2D eigenvalue weighted by Gasteiger charge is -2.27. The molecule has 3 aromatic rings. The largest absolute Gasteiger partial charge is 0.470 e. The van der Waals surface area contributed by atoms with Gasteiger partial charge in [-0.05, 0) is 28.8 Å². The molecule has 4 rings (SSSR count). The standard InChI is InChI=1S/C21H19NO3/c23-21(24-14-15-6-2-1-3-7-15)22-20-13-11-18-17-9-5-4-8-16(17)10-12-19(18)25-20/h1-10,12,20H,11,13-14H2,(H,22,23). The minimum absolute atomic E-state index is 0.251. The second kappa shape index (κ2) is 6.85. The first kappa shape index (κ1) is 15.5. The highest BCUT2D eigenvalue weighted by Gasteiger charge is 2.23. The first-order valence-corrected chi connectivity index (χ1v) is 8.44. The van der Waals surface area contributed by atoms with Gasteiger partial charge >= 0.3 is 6.09 Å². The number of aryl methyl sites for hydroxylation is 1. The minimum atomic E-state index is -0.460. The molecule has 0 radical (unpaired) electrons. The van der Waals surface area contributed by atoms with Crippen LogP contribution in [0.5, 0.6) is 5.75 Å². The predicted molar refractivity (Wildman–Crippen MR) is 96.4 cm³/mol. The molecule has 1 N–H and O–H groups in total. The van der Waals surface area contributed by atoms with Crippen molar-refractivity contribution in [3.63, 3.8) is 0 Å². The maximum absolute atomic E-state index is 12.0. The summed E-state index contributed by atoms with van der Waals surface area (Å²) in [4.78, 5) is 12.0. The molecule has 1 heterocycles. The number of ether oxygens (including phenoxy) is 2. The topological polar surface area (TPSA) is 47.6 Å². The van der Waals surface area contributed by atoms with E-state index in [0.717, 1.165) is 24.2 Å². The highest BCUT2D eigenvalue weighted by atomic mass is 16.6. The molecule has 0 aliphatic carbocycles. The van der Waals surface area contributed by atoms with Crippen LogP contribution < -0.4 is 10.1 Å². The summed E-state index contributed by atoms with van der Waals surface area (Å²) in [5.41, 5.74) is 2.16. The Morgan fingerprint density at radius 3 is 2.72 bits per heavy atom. The Hall–Kier alpha value is -3.01. The molecule has 0 bridgehead atoms. The molecular formula is C21H19NO3. The lowest BCUT2D eigenvalue weighted by Crippen LogP contribution is -2.41. The van der Waals surface area contributed by atoms with Gasteiger partial charge in [-0.15, -0.1) is 0 Å². The van der Waals surface area contributed by atoms with E-state index >= 15 is 0 Å². The van der Waals surface area contributed by atoms with Crippen molar-refractivity contribution >= 4 is 16.9 Å². The van der Waals surface area contributed by atoms with Crippen LogP contribution in [0.4, 0.5) is 4.79 Å². The van der Waals surface area contributed by atoms with Crippen LogP contribution in [0, 0.1) is 0 Å². The maximum atomic E-state index is 12.0. The molecule has 1 aliphatic heterocycles. The van der Waals surface area contributed by atoms with Gasteiger partial charge in [0.15, 0.2) is 6.23 Å². The van der Waals surface area contributed by atoms with E-state index in [0.29, 0.717) is 0 Å². The number of benzene rings is 3. The number of carbonyl (C=O) groups is 1. The van der Waals surface area contributed by atoms with Gasteiger partial charge in [0, 0.05) is 12.0 Å². The Balaban J connectivity index is 1.39. The van der Waals surface area contributed by atoms with Crippen molar-refractivity contribution in [3.05, 3.63) is 77.9 Å². The monoisotopic (exact) mass is 333 g/mol. The lowest BCUT2D eigenvalue weighted by molar-refractivity contribution is 0.0963. The second-order valence-corrected chi connectivity index (χ2v) is 6.11. The van der Waals surface area contributed by atoms with Crippen LogP contribution in [-0.4, -0.2) is 12.3 Å². The molecule has 0 saturated carbocycles. The van der Waals surface area contributed by atoms with Crippen LogP contribution in [0.2, 0.25) is 0 Å². The Labute approximate surface area is 146 Å². The summed E-state index contributed by atoms with van der Waals surface area (Å²) >= 11 is 0. The zero-order valence-corrected chi connectivity index (χ0v) is 13.8. The first-order valence-electron chi connectivity index (χ1n) is 8.44. The van der Waals surface area contributed by atoms with Crippen molar-refractivity contribution in [2.24, 2.45) is 0 Å². The van der Waals surface area contributed by atoms with Gasteiger partial charge in [-0.3, -0.25) is 5.32 Å². The number of hydrogen-bond donors (Lipinski definition) is 1. The molecule has 1 atom stereocenters. The van der Waals surface area contributed by atoms with Gasteiger partial charge < -0.3 is 9.47 Å². The van der Waals surface area contributed by atoms with Crippen molar-refractivity contribution in [3.8, 4) is 5.75 Å². The van der Waals surface area contributed by atoms with Gasteiger partial charge in [-0.2, -0.15) is 0 Å². The summed E-state index contributed by atoms with van der Waals surface area (Å²) in [6.07, 6.45) is 0.761. The maximum Gasteiger partial charge on any atom is 0.410 e. The van der Waals surface area contributed by atoms with Crippen LogP contribution in [0.15, 0.2) is 66.7 Å². The van der Waals surface area contributed by atoms with E-state index in [1.54, 1.807) is 0 Å². The van der Waals surface area contributed by atoms with E-state index < -0.39 is 6.09 Å². The molecule has 0 fully saturated rings. The SMILES string of the molecule is O=C(NC1CCc2c(ccc3ccccc23)O1)OCc1ccccc1. The third-order valence-electron chi connectivity index (χ3n) is 4.41. The molecule has 1 unspecified atom stereocenters. The molecule has 0 saturated heterocycles. The summed E-state index contributed by atoms with van der Waals surface area (Å²) in [6.45, 7) is 0.251. The van der Waals surface area contributed by atoms with E-state index in [9.17, 15) is 4.79 Å². The van der Waals surface area contributed by atoms with E-state index in [2.05, 4.69) is 17.4 Å². The Morgan fingerprint density at radius 1 is 1.04 bits per heavy atom. The molecule has 0 aromatic heterocycles. The van der Waals surface area contributed by atoms with Crippen molar-refractivity contribution in [1.82, 2.24) is 5.32 Å². The molecule has 4 nitrogen and oxygen atoms in total. The van der Waals surface area contributed by atoms with Crippen molar-refractivity contribution in [2.75, 3.05) is 0 Å². The number of fused-ring (bicyclic) bond motifs is 3. The molecule has 25 heavy (non-hydrogen) atoms. The molecular weight excluding hydrogens is 314 g/mol. The van der Waals surface area contributed by atoms with Crippen molar-refractivity contribution in [1.29, 1.82) is 0 Å². The third-order valence-corrected chi connectivity index (χ3v) is 4.41. The van der Waals surface area contributed by atoms with Gasteiger partial charge in [-0.25, -0.2) is 4.79 Å². The lowest BCUT2D eigenvalue weighted by atomic mass is 9.97. The second-order valence-electron chi connectivity index (χ2n) is 6.11. The number of carbonyl (C=O) groups excluding carboxylic acids is 1. The van der Waals surface area contributed by atoms with E-state index in [4.69, 9.17) is 9.47 Å². The smallest absolute Gasteiger partial charge is 0.410 e. The van der Waals surface area contributed by atoms with Gasteiger partial charge in [-0.1, -0.05) is 60.7 Å². The summed E-state index contributed by atoms with van der Waals surface area (Å²) in [5.74, 6) is 0.832. The molecule has 1 amide bonds. The average molecular weight is 333 g/mol. The fourth-order valence-electron chi connectivity index (χ4n) is 3.17. The van der Waals surface area contributed by atoms with E-state index in [-0.39, 0.29) is 12.8 Å². The van der Waals surface area contributed by atoms with Gasteiger partial charge in [0.05, 0.1) is 0 Å². The average Bonchev–Trinajstić information content (AvgIpc) is 2.67. The Bertz CT molecular complexity index is 892. The number of hydrogen-bond acceptors (Lipinski definition) is 3. The van der Waals surface area contributed by atoms with E-state index in [1.807, 2.05) is 54.6 Å². The summed E-state index contributed by atoms with van der Waals surface area (Å²) in [6, 6.07) is 21.9. The highest BCUT2D eigenvalue weighted by Crippen LogP contribution is 2.33. The fraction of sp³-hybridized carbons (Fsp3) is 0.190. The van der Waals surface area contributed by atoms with Crippen LogP contribution in [-0.2, 0) is 17.8 Å². The van der Waals surface area contributed by atoms with Gasteiger partial charge in [0.1, 0.15) is 12.4 Å². The van der Waals surface area contributed by atoms with Crippen LogP contribution in [0.1, 0.15) is 17.5 Å². The third kappa shape index (κ3) is 3.43. The van der Waals surface area contributed by atoms with Crippen LogP contribution in [0.3, 0.4) is 0 Å². The van der Waals surface area contributed by atoms with Crippen molar-refractivity contribution in [2.45, 2.75) is 25.7 Å². The van der Waals surface area contributed by atoms with Crippen LogP contribution >= 0.6 is 0 Å². The summed E-state index contributed by atoms with van der Waals surface area (Å²) in [5, 5.41) is 5.21. The number of alkyl carbamates (subject to hydrolysis) is 1. The normalized spacial score (nSPS) is 15.9. The van der Waals surface area contributed by atoms with Crippen molar-refractivity contribution < 1.29 is 14.3 Å². The van der Waals surface area contributed by atoms with Gasteiger partial charge in [0.25, 0.3) is 0 Å². The molecule has 4 heteroatoms. The summed E-state index contributed by atoms with van der Waals surface area (Å²) in [7, 11) is 0. The number of rotatable bonds is 3. The number of amides is 1. The molecule has 0 spiro atoms. The first-order chi connectivity index (χ1) is 12.3. The van der Waals surface area contributed by atoms with Crippen LogP contribution in [0.25, 0.3) is 10.8 Å².